The summed E-state index contributed by atoms with van der Waals surface area (Å²) in [6, 6.07) is 10.4. The van der Waals surface area contributed by atoms with Gasteiger partial charge in [-0.15, -0.1) is 0 Å². The first-order valence-corrected chi connectivity index (χ1v) is 7.40. The van der Waals surface area contributed by atoms with Gasteiger partial charge in [-0.1, -0.05) is 41.9 Å². The molecule has 0 radical (unpaired) electrons. The topological polar surface area (TPSA) is 50.9 Å². The van der Waals surface area contributed by atoms with Gasteiger partial charge >= 0.3 is 0 Å². The number of nitrogens with one attached hydrogen (secondary N) is 1. The highest BCUT2D eigenvalue weighted by Crippen LogP contribution is 2.25. The molecule has 3 nitrogen and oxygen atoms in total. The standard InChI is InChI=1S/C16H20BrN3/c1-11-8-15(19-9-14(11)18)20-10-16(2,3)12-4-6-13(17)7-5-12/h4-9H,10,18H2,1-3H3,(H,19,20). The number of halogens is 1. The van der Waals surface area contributed by atoms with Gasteiger partial charge in [-0.25, -0.2) is 4.98 Å². The van der Waals surface area contributed by atoms with Crippen LogP contribution in [0.5, 0.6) is 0 Å². The van der Waals surface area contributed by atoms with Crippen LogP contribution in [0.1, 0.15) is 25.0 Å². The van der Waals surface area contributed by atoms with Crippen LogP contribution in [-0.4, -0.2) is 11.5 Å². The first-order chi connectivity index (χ1) is 9.38. The van der Waals surface area contributed by atoms with Crippen molar-refractivity contribution in [3.8, 4) is 0 Å². The van der Waals surface area contributed by atoms with Crippen LogP contribution >= 0.6 is 15.9 Å². The Hall–Kier alpha value is -1.55. The van der Waals surface area contributed by atoms with Gasteiger partial charge in [0.25, 0.3) is 0 Å². The molecule has 0 amide bonds. The minimum Gasteiger partial charge on any atom is -0.397 e. The van der Waals surface area contributed by atoms with E-state index in [0.717, 1.165) is 28.1 Å². The number of rotatable bonds is 4. The molecule has 3 N–H and O–H groups in total. The van der Waals surface area contributed by atoms with E-state index in [1.165, 1.54) is 5.56 Å². The van der Waals surface area contributed by atoms with Gasteiger partial charge in [-0.2, -0.15) is 0 Å². The molecule has 1 aromatic heterocycles. The number of pyridine rings is 1. The Balaban J connectivity index is 2.08. The van der Waals surface area contributed by atoms with E-state index in [2.05, 4.69) is 64.3 Å². The number of aromatic nitrogens is 1. The van der Waals surface area contributed by atoms with Crippen LogP contribution in [0.15, 0.2) is 41.0 Å². The van der Waals surface area contributed by atoms with Crippen molar-refractivity contribution in [3.63, 3.8) is 0 Å². The summed E-state index contributed by atoms with van der Waals surface area (Å²) in [6.07, 6.45) is 1.70. The van der Waals surface area contributed by atoms with Crippen molar-refractivity contribution in [2.45, 2.75) is 26.2 Å². The molecular formula is C16H20BrN3. The summed E-state index contributed by atoms with van der Waals surface area (Å²) in [4.78, 5) is 4.31. The number of nitrogens with zero attached hydrogens (tertiary/aromatic N) is 1. The van der Waals surface area contributed by atoms with Gasteiger partial charge in [0.2, 0.25) is 0 Å². The van der Waals surface area contributed by atoms with Gasteiger partial charge in [0.1, 0.15) is 5.82 Å². The van der Waals surface area contributed by atoms with Crippen LogP contribution in [-0.2, 0) is 5.41 Å². The molecule has 4 heteroatoms. The van der Waals surface area contributed by atoms with E-state index in [9.17, 15) is 0 Å². The summed E-state index contributed by atoms with van der Waals surface area (Å²) < 4.78 is 1.10. The lowest BCUT2D eigenvalue weighted by molar-refractivity contribution is 0.556. The second-order valence-corrected chi connectivity index (χ2v) is 6.59. The van der Waals surface area contributed by atoms with E-state index in [1.807, 2.05) is 13.0 Å². The molecule has 0 bridgehead atoms. The lowest BCUT2D eigenvalue weighted by Gasteiger charge is -2.26. The van der Waals surface area contributed by atoms with Crippen LogP contribution in [0.25, 0.3) is 0 Å². The predicted molar refractivity (Wildman–Crippen MR) is 89.0 cm³/mol. The first-order valence-electron chi connectivity index (χ1n) is 6.60. The highest BCUT2D eigenvalue weighted by Gasteiger charge is 2.20. The lowest BCUT2D eigenvalue weighted by atomic mass is 9.84. The second-order valence-electron chi connectivity index (χ2n) is 5.67. The Kier molecular flexibility index (Phi) is 4.33. The normalized spacial score (nSPS) is 11.4. The number of nitrogen functional groups attached to an aromatic ring is 1. The minimum atomic E-state index is 0.0255. The van der Waals surface area contributed by atoms with Crippen LogP contribution < -0.4 is 11.1 Å². The fourth-order valence-electron chi connectivity index (χ4n) is 1.98. The summed E-state index contributed by atoms with van der Waals surface area (Å²) >= 11 is 3.47. The molecule has 20 heavy (non-hydrogen) atoms. The molecule has 0 saturated heterocycles. The van der Waals surface area contributed by atoms with Crippen molar-refractivity contribution in [1.29, 1.82) is 0 Å². The Morgan fingerprint density at radius 1 is 1.25 bits per heavy atom. The van der Waals surface area contributed by atoms with Crippen molar-refractivity contribution in [2.24, 2.45) is 0 Å². The largest absolute Gasteiger partial charge is 0.397 e. The summed E-state index contributed by atoms with van der Waals surface area (Å²) in [5.74, 6) is 0.863. The van der Waals surface area contributed by atoms with Gasteiger partial charge in [-0.3, -0.25) is 0 Å². The maximum atomic E-state index is 5.78. The van der Waals surface area contributed by atoms with Crippen LogP contribution in [0.4, 0.5) is 11.5 Å². The number of hydrogen-bond donors (Lipinski definition) is 2. The molecule has 0 unspecified atom stereocenters. The van der Waals surface area contributed by atoms with Crippen LogP contribution in [0.2, 0.25) is 0 Å². The van der Waals surface area contributed by atoms with Crippen LogP contribution in [0, 0.1) is 6.92 Å². The molecule has 106 valence electrons. The number of aryl methyl sites for hydroxylation is 1. The fourth-order valence-corrected chi connectivity index (χ4v) is 2.24. The molecule has 1 heterocycles. The SMILES string of the molecule is Cc1cc(NCC(C)(C)c2ccc(Br)cc2)ncc1N. The molecule has 0 aliphatic carbocycles. The third-order valence-corrected chi connectivity index (χ3v) is 4.02. The van der Waals surface area contributed by atoms with E-state index in [4.69, 9.17) is 5.73 Å². The van der Waals surface area contributed by atoms with Crippen molar-refractivity contribution >= 4 is 27.4 Å². The molecule has 0 atom stereocenters. The number of hydrogen-bond acceptors (Lipinski definition) is 3. The molecule has 0 fully saturated rings. The Bertz CT molecular complexity index is 591. The fraction of sp³-hybridized carbons (Fsp3) is 0.312. The zero-order valence-corrected chi connectivity index (χ0v) is 13.7. The van der Waals surface area contributed by atoms with Gasteiger partial charge in [0, 0.05) is 16.4 Å². The van der Waals surface area contributed by atoms with Crippen molar-refractivity contribution < 1.29 is 0 Å². The van der Waals surface area contributed by atoms with E-state index in [1.54, 1.807) is 6.20 Å². The number of anilines is 2. The summed E-state index contributed by atoms with van der Waals surface area (Å²) in [7, 11) is 0. The van der Waals surface area contributed by atoms with Gasteiger partial charge in [-0.05, 0) is 36.2 Å². The van der Waals surface area contributed by atoms with Crippen molar-refractivity contribution in [3.05, 3.63) is 52.1 Å². The number of nitrogens with two attached hydrogens (primary N) is 1. The molecule has 0 aliphatic heterocycles. The maximum Gasteiger partial charge on any atom is 0.126 e. The minimum absolute atomic E-state index is 0.0255. The highest BCUT2D eigenvalue weighted by molar-refractivity contribution is 9.10. The molecule has 1 aromatic carbocycles. The lowest BCUT2D eigenvalue weighted by Crippen LogP contribution is -2.27. The first kappa shape index (κ1) is 14.9. The molecule has 2 rings (SSSR count). The molecular weight excluding hydrogens is 314 g/mol. The van der Waals surface area contributed by atoms with Gasteiger partial charge in [0.15, 0.2) is 0 Å². The van der Waals surface area contributed by atoms with Crippen molar-refractivity contribution in [1.82, 2.24) is 4.98 Å². The predicted octanol–water partition coefficient (Wildman–Crippen LogP) is 4.12. The van der Waals surface area contributed by atoms with E-state index >= 15 is 0 Å². The average molecular weight is 334 g/mol. The summed E-state index contributed by atoms with van der Waals surface area (Å²) in [5.41, 5.74) is 8.87. The Morgan fingerprint density at radius 3 is 2.50 bits per heavy atom. The molecule has 0 spiro atoms. The molecule has 0 aliphatic rings. The zero-order valence-electron chi connectivity index (χ0n) is 12.1. The Morgan fingerprint density at radius 2 is 1.90 bits per heavy atom. The quantitative estimate of drug-likeness (QED) is 0.884. The third-order valence-electron chi connectivity index (χ3n) is 3.49. The smallest absolute Gasteiger partial charge is 0.126 e. The second kappa shape index (κ2) is 5.83. The monoisotopic (exact) mass is 333 g/mol. The molecule has 2 aromatic rings. The Labute approximate surface area is 128 Å². The zero-order chi connectivity index (χ0) is 14.8. The average Bonchev–Trinajstić information content (AvgIpc) is 2.41. The van der Waals surface area contributed by atoms with E-state index < -0.39 is 0 Å². The van der Waals surface area contributed by atoms with Gasteiger partial charge in [0.05, 0.1) is 11.9 Å². The maximum absolute atomic E-state index is 5.78. The number of benzene rings is 1. The summed E-state index contributed by atoms with van der Waals surface area (Å²) in [5, 5.41) is 3.39. The van der Waals surface area contributed by atoms with Crippen molar-refractivity contribution in [2.75, 3.05) is 17.6 Å². The van der Waals surface area contributed by atoms with E-state index in [-0.39, 0.29) is 5.41 Å². The van der Waals surface area contributed by atoms with Crippen LogP contribution in [0.3, 0.4) is 0 Å². The van der Waals surface area contributed by atoms with Gasteiger partial charge < -0.3 is 11.1 Å². The highest BCUT2D eigenvalue weighted by atomic mass is 79.9. The van der Waals surface area contributed by atoms with E-state index in [0.29, 0.717) is 0 Å². The summed E-state index contributed by atoms with van der Waals surface area (Å²) in [6.45, 7) is 7.23. The third kappa shape index (κ3) is 3.51. The molecule has 0 saturated carbocycles.